The molecule has 6 rings (SSSR count). The summed E-state index contributed by atoms with van der Waals surface area (Å²) in [6, 6.07) is 0. The van der Waals surface area contributed by atoms with Crippen LogP contribution in [0.4, 0.5) is 0 Å². The van der Waals surface area contributed by atoms with Crippen LogP contribution >= 0.6 is 0 Å². The molecule has 1 aliphatic heterocycles. The minimum Gasteiger partial charge on any atom is -0.479 e. The van der Waals surface area contributed by atoms with Gasteiger partial charge in [-0.1, -0.05) is 5.16 Å². The Morgan fingerprint density at radius 2 is 1.72 bits per heavy atom. The van der Waals surface area contributed by atoms with Crippen molar-refractivity contribution < 1.29 is 29.3 Å². The third-order valence-electron chi connectivity index (χ3n) is 6.92. The Balaban J connectivity index is 1.25. The monoisotopic (exact) mass is 351 g/mol. The van der Waals surface area contributed by atoms with Gasteiger partial charge in [0.25, 0.3) is 0 Å². The van der Waals surface area contributed by atoms with Gasteiger partial charge in [-0.15, -0.1) is 0 Å². The van der Waals surface area contributed by atoms with Crippen molar-refractivity contribution >= 4 is 11.7 Å². The molecule has 5 saturated carbocycles. The zero-order valence-electron chi connectivity index (χ0n) is 14.3. The van der Waals surface area contributed by atoms with Crippen LogP contribution in [0.3, 0.4) is 0 Å². The van der Waals surface area contributed by atoms with Crippen LogP contribution in [-0.2, 0) is 24.1 Å². The van der Waals surface area contributed by atoms with Crippen LogP contribution in [0.15, 0.2) is 5.16 Å². The molecule has 0 radical (unpaired) electrons. The first kappa shape index (κ1) is 16.0. The SMILES string of the molecule is O=C(O)CON=C1CCC2(CC1)OOC1(O2)C2CC3CC(C2)CC1C3. The van der Waals surface area contributed by atoms with E-state index < -0.39 is 24.2 Å². The van der Waals surface area contributed by atoms with E-state index in [1.165, 1.54) is 32.1 Å². The number of oxime groups is 1. The van der Waals surface area contributed by atoms with Crippen molar-refractivity contribution in [3.63, 3.8) is 0 Å². The van der Waals surface area contributed by atoms with Gasteiger partial charge in [0, 0.05) is 24.7 Å². The molecule has 6 aliphatic rings. The first-order valence-electron chi connectivity index (χ1n) is 9.53. The minimum absolute atomic E-state index is 0.403. The van der Waals surface area contributed by atoms with Crippen LogP contribution in [0.25, 0.3) is 0 Å². The molecule has 1 heterocycles. The maximum Gasteiger partial charge on any atom is 0.344 e. The number of carbonyl (C=O) groups is 1. The van der Waals surface area contributed by atoms with Crippen molar-refractivity contribution in [3.05, 3.63) is 0 Å². The van der Waals surface area contributed by atoms with Gasteiger partial charge in [0.15, 0.2) is 0 Å². The van der Waals surface area contributed by atoms with E-state index in [1.54, 1.807) is 0 Å². The van der Waals surface area contributed by atoms with E-state index in [-0.39, 0.29) is 0 Å². The number of carboxylic acid groups (broad SMARTS) is 1. The molecule has 0 aromatic carbocycles. The second-order valence-corrected chi connectivity index (χ2v) is 8.53. The summed E-state index contributed by atoms with van der Waals surface area (Å²) >= 11 is 0. The molecule has 5 aliphatic carbocycles. The third-order valence-corrected chi connectivity index (χ3v) is 6.92. The Morgan fingerprint density at radius 1 is 1.08 bits per heavy atom. The number of nitrogens with zero attached hydrogens (tertiary/aromatic N) is 1. The molecular weight excluding hydrogens is 326 g/mol. The Morgan fingerprint density at radius 3 is 2.32 bits per heavy atom. The third kappa shape index (κ3) is 2.59. The molecule has 1 N–H and O–H groups in total. The van der Waals surface area contributed by atoms with Crippen molar-refractivity contribution in [2.75, 3.05) is 6.61 Å². The number of aliphatic carboxylic acids is 1. The summed E-state index contributed by atoms with van der Waals surface area (Å²) in [6.45, 7) is -0.403. The average Bonchev–Trinajstić information content (AvgIpc) is 2.94. The standard InChI is InChI=1S/C18H25NO6/c20-16(21)10-22-19-15-1-3-17(4-2-15)23-18(25-24-17)13-6-11-5-12(8-13)9-14(18)7-11/h11-14H,1-10H2,(H,20,21). The second-order valence-electron chi connectivity index (χ2n) is 8.53. The molecule has 1 saturated heterocycles. The van der Waals surface area contributed by atoms with Crippen molar-refractivity contribution in [3.8, 4) is 0 Å². The summed E-state index contributed by atoms with van der Waals surface area (Å²) in [5.41, 5.74) is 0.866. The highest BCUT2D eigenvalue weighted by Crippen LogP contribution is 2.63. The van der Waals surface area contributed by atoms with E-state index in [2.05, 4.69) is 5.16 Å². The number of ether oxygens (including phenoxy) is 1. The fourth-order valence-corrected chi connectivity index (χ4v) is 5.98. The maximum absolute atomic E-state index is 10.5. The van der Waals surface area contributed by atoms with Gasteiger partial charge >= 0.3 is 5.97 Å². The molecule has 6 fully saturated rings. The summed E-state index contributed by atoms with van der Waals surface area (Å²) in [6.07, 6.45) is 8.95. The van der Waals surface area contributed by atoms with E-state index in [4.69, 9.17) is 24.5 Å². The molecule has 0 amide bonds. The first-order valence-corrected chi connectivity index (χ1v) is 9.53. The molecule has 0 aromatic heterocycles. The first-order chi connectivity index (χ1) is 12.1. The molecular formula is C18H25NO6. The predicted molar refractivity (Wildman–Crippen MR) is 85.3 cm³/mol. The minimum atomic E-state index is -1.02. The van der Waals surface area contributed by atoms with Crippen LogP contribution in [0.5, 0.6) is 0 Å². The van der Waals surface area contributed by atoms with Crippen LogP contribution in [-0.4, -0.2) is 35.0 Å². The lowest BCUT2D eigenvalue weighted by atomic mass is 9.53. The topological polar surface area (TPSA) is 86.6 Å². The van der Waals surface area contributed by atoms with Crippen molar-refractivity contribution in [2.24, 2.45) is 28.8 Å². The number of rotatable bonds is 3. The summed E-state index contributed by atoms with van der Waals surface area (Å²) < 4.78 is 6.61. The maximum atomic E-state index is 10.5. The van der Waals surface area contributed by atoms with Crippen LogP contribution in [0.2, 0.25) is 0 Å². The largest absolute Gasteiger partial charge is 0.479 e. The van der Waals surface area contributed by atoms with Crippen molar-refractivity contribution in [1.29, 1.82) is 0 Å². The van der Waals surface area contributed by atoms with Gasteiger partial charge in [-0.25, -0.2) is 4.79 Å². The summed E-state index contributed by atoms with van der Waals surface area (Å²) in [5.74, 6) is 0.440. The zero-order chi connectivity index (χ0) is 17.1. The van der Waals surface area contributed by atoms with Gasteiger partial charge in [0.1, 0.15) is 0 Å². The molecule has 4 bridgehead atoms. The number of carboxylic acids is 1. The lowest BCUT2D eigenvalue weighted by Gasteiger charge is -2.57. The molecule has 25 heavy (non-hydrogen) atoms. The Hall–Kier alpha value is -1.18. The molecule has 138 valence electrons. The highest BCUT2D eigenvalue weighted by Gasteiger charge is 2.66. The quantitative estimate of drug-likeness (QED) is 0.621. The van der Waals surface area contributed by atoms with E-state index in [9.17, 15) is 4.79 Å². The fourth-order valence-electron chi connectivity index (χ4n) is 5.98. The smallest absolute Gasteiger partial charge is 0.344 e. The summed E-state index contributed by atoms with van der Waals surface area (Å²) in [5, 5.41) is 12.5. The molecule has 0 unspecified atom stereocenters. The average molecular weight is 351 g/mol. The van der Waals surface area contributed by atoms with Gasteiger partial charge < -0.3 is 14.7 Å². The van der Waals surface area contributed by atoms with Gasteiger partial charge in [-0.3, -0.25) is 0 Å². The molecule has 7 heteroatoms. The van der Waals surface area contributed by atoms with Gasteiger partial charge in [-0.05, 0) is 56.8 Å². The number of hydrogen-bond acceptors (Lipinski definition) is 6. The highest BCUT2D eigenvalue weighted by atomic mass is 17.3. The number of hydrogen-bond donors (Lipinski definition) is 1. The lowest BCUT2D eigenvalue weighted by Crippen LogP contribution is -2.59. The lowest BCUT2D eigenvalue weighted by molar-refractivity contribution is -0.389. The van der Waals surface area contributed by atoms with E-state index in [1.807, 2.05) is 0 Å². The summed E-state index contributed by atoms with van der Waals surface area (Å²) in [4.78, 5) is 27.2. The summed E-state index contributed by atoms with van der Waals surface area (Å²) in [7, 11) is 0. The second kappa shape index (κ2) is 5.66. The van der Waals surface area contributed by atoms with Crippen LogP contribution < -0.4 is 0 Å². The van der Waals surface area contributed by atoms with Gasteiger partial charge in [-0.2, -0.15) is 9.78 Å². The normalized spacial score (nSPS) is 47.6. The van der Waals surface area contributed by atoms with Gasteiger partial charge in [0.2, 0.25) is 18.2 Å². The highest BCUT2D eigenvalue weighted by molar-refractivity contribution is 5.84. The van der Waals surface area contributed by atoms with Crippen molar-refractivity contribution in [1.82, 2.24) is 0 Å². The Kier molecular flexibility index (Phi) is 3.63. The Labute approximate surface area is 146 Å². The van der Waals surface area contributed by atoms with E-state index in [0.717, 1.165) is 17.5 Å². The molecule has 7 nitrogen and oxygen atoms in total. The molecule has 0 atom stereocenters. The zero-order valence-corrected chi connectivity index (χ0v) is 14.3. The molecule has 2 spiro atoms. The van der Waals surface area contributed by atoms with Crippen LogP contribution in [0, 0.1) is 23.7 Å². The molecule has 0 aromatic rings. The van der Waals surface area contributed by atoms with Crippen molar-refractivity contribution in [2.45, 2.75) is 69.4 Å². The van der Waals surface area contributed by atoms with E-state index >= 15 is 0 Å². The predicted octanol–water partition coefficient (Wildman–Crippen LogP) is 2.84. The van der Waals surface area contributed by atoms with Crippen LogP contribution in [0.1, 0.15) is 57.8 Å². The van der Waals surface area contributed by atoms with E-state index in [0.29, 0.717) is 37.5 Å². The van der Waals surface area contributed by atoms with Gasteiger partial charge in [0.05, 0.1) is 5.71 Å². The fraction of sp³-hybridized carbons (Fsp3) is 0.889. The Bertz CT molecular complexity index is 564.